The van der Waals surface area contributed by atoms with E-state index in [2.05, 4.69) is 0 Å². The van der Waals surface area contributed by atoms with Gasteiger partial charge in [-0.05, 0) is 0 Å². The van der Waals surface area contributed by atoms with Crippen LogP contribution in [0, 0.1) is 0 Å². The molecule has 0 spiro atoms. The molecule has 0 aliphatic carbocycles. The third-order valence-corrected chi connectivity index (χ3v) is 3.94. The Bertz CT molecular complexity index is 485. The fraction of sp³-hybridized carbons (Fsp3) is 0. The molecule has 0 fully saturated rings. The van der Waals surface area contributed by atoms with E-state index >= 15 is 0 Å². The summed E-state index contributed by atoms with van der Waals surface area (Å²) in [5, 5.41) is 0. The van der Waals surface area contributed by atoms with Crippen LogP contribution in [0.1, 0.15) is 0 Å². The minimum Gasteiger partial charge on any atom is -0.734 e. The van der Waals surface area contributed by atoms with Gasteiger partial charge >= 0.3 is 58.0 Å². The quantitative estimate of drug-likeness (QED) is 0.188. The largest absolute Gasteiger partial charge is 1.00 e. The Hall–Kier alpha value is 0.840. The smallest absolute Gasteiger partial charge is 0.734 e. The molecule has 16 heteroatoms. The van der Waals surface area contributed by atoms with E-state index in [1.807, 2.05) is 0 Å². The first-order valence-corrected chi connectivity index (χ1v) is 8.64. The molecule has 1 unspecified atom stereocenters. The Morgan fingerprint density at radius 1 is 0.938 bits per heavy atom. The van der Waals surface area contributed by atoms with Gasteiger partial charge in [-0.3, -0.25) is 13.7 Å². The SMILES string of the molecule is O=S(=O)([O-])S(=O)(=O)O.O=S(O)S(=O)(=O)O.[Na+]. The molecule has 94 valence electrons. The molecule has 11 nitrogen and oxygen atoms in total. The van der Waals surface area contributed by atoms with Crippen LogP contribution in [0.5, 0.6) is 0 Å². The summed E-state index contributed by atoms with van der Waals surface area (Å²) in [6, 6.07) is 0. The Kier molecular flexibility index (Phi) is 10.1. The van der Waals surface area contributed by atoms with Crippen LogP contribution in [-0.4, -0.2) is 47.7 Å². The van der Waals surface area contributed by atoms with Gasteiger partial charge in [0.1, 0.15) is 0 Å². The summed E-state index contributed by atoms with van der Waals surface area (Å²) in [4.78, 5) is 0. The normalized spacial score (nSPS) is 14.0. The van der Waals surface area contributed by atoms with E-state index < -0.39 is 37.6 Å². The second-order valence-corrected chi connectivity index (χ2v) is 9.05. The van der Waals surface area contributed by atoms with Crippen LogP contribution < -0.4 is 29.6 Å². The second kappa shape index (κ2) is 7.31. The van der Waals surface area contributed by atoms with Gasteiger partial charge in [0.25, 0.3) is 0 Å². The summed E-state index contributed by atoms with van der Waals surface area (Å²) >= 11 is 0. The monoisotopic (exact) mass is 330 g/mol. The van der Waals surface area contributed by atoms with Crippen LogP contribution in [0.4, 0.5) is 0 Å². The molecule has 16 heavy (non-hydrogen) atoms. The molecule has 0 aromatic rings. The molecule has 1 atom stereocenters. The molecule has 0 saturated carbocycles. The number of rotatable bonds is 2. The average molecular weight is 330 g/mol. The van der Waals surface area contributed by atoms with Crippen LogP contribution >= 0.6 is 0 Å². The van der Waals surface area contributed by atoms with Crippen LogP contribution in [0.3, 0.4) is 0 Å². The maximum atomic E-state index is 9.34. The van der Waals surface area contributed by atoms with Crippen molar-refractivity contribution >= 4 is 37.6 Å². The summed E-state index contributed by atoms with van der Waals surface area (Å²) in [5.74, 6) is 0. The van der Waals surface area contributed by atoms with Crippen LogP contribution in [0.15, 0.2) is 0 Å². The van der Waals surface area contributed by atoms with Crippen molar-refractivity contribution in [1.29, 1.82) is 0 Å². The fourth-order valence-corrected chi connectivity index (χ4v) is 0. The molecule has 0 saturated heterocycles. The standard InChI is InChI=1S/Na.H2O6S2.H2O5S2/c;1-7(2,3)8(4,5)6;1-6(2)7(3,4)5/h;(H,1,2,3)(H,4,5,6);(H,1,2)(H,3,4,5)/q+1;;/p-1. The van der Waals surface area contributed by atoms with E-state index in [9.17, 15) is 34.0 Å². The average Bonchev–Trinajstić information content (AvgIpc) is 1.80. The van der Waals surface area contributed by atoms with Gasteiger partial charge in [0.15, 0.2) is 0 Å². The first-order chi connectivity index (χ1) is 6.19. The first kappa shape index (κ1) is 22.1. The van der Waals surface area contributed by atoms with Gasteiger partial charge < -0.3 is 4.55 Å². The van der Waals surface area contributed by atoms with E-state index in [-0.39, 0.29) is 29.6 Å². The molecule has 0 rings (SSSR count). The summed E-state index contributed by atoms with van der Waals surface area (Å²) in [6.07, 6.45) is 0. The minimum atomic E-state index is -5.56. The molecule has 0 heterocycles. The zero-order valence-corrected chi connectivity index (χ0v) is 12.5. The first-order valence-electron chi connectivity index (χ1n) is 2.21. The summed E-state index contributed by atoms with van der Waals surface area (Å²) in [6.45, 7) is 0. The van der Waals surface area contributed by atoms with E-state index in [1.54, 1.807) is 0 Å². The van der Waals surface area contributed by atoms with Crippen molar-refractivity contribution in [2.45, 2.75) is 0 Å². The molecule has 0 aromatic heterocycles. The van der Waals surface area contributed by atoms with Gasteiger partial charge in [0.05, 0.1) is 0 Å². The van der Waals surface area contributed by atoms with Gasteiger partial charge in [-0.1, -0.05) is 0 Å². The second-order valence-electron chi connectivity index (χ2n) is 1.48. The number of hydrogen-bond acceptors (Lipinski definition) is 8. The third kappa shape index (κ3) is 11.3. The Morgan fingerprint density at radius 3 is 1.06 bits per heavy atom. The minimum absolute atomic E-state index is 0. The molecular formula is H3NaO11S4. The predicted octanol–water partition coefficient (Wildman–Crippen LogP) is -5.65. The predicted molar refractivity (Wildman–Crippen MR) is 43.6 cm³/mol. The molecule has 0 radical (unpaired) electrons. The summed E-state index contributed by atoms with van der Waals surface area (Å²) in [5.41, 5.74) is 0. The van der Waals surface area contributed by atoms with E-state index in [0.29, 0.717) is 0 Å². The van der Waals surface area contributed by atoms with Gasteiger partial charge in [0, 0.05) is 0 Å². The fourth-order valence-electron chi connectivity index (χ4n) is 0. The van der Waals surface area contributed by atoms with Crippen LogP contribution in [0.25, 0.3) is 0 Å². The third-order valence-electron chi connectivity index (χ3n) is 0.438. The molecular weight excluding hydrogens is 327 g/mol. The topological polar surface area (TPSA) is 203 Å². The van der Waals surface area contributed by atoms with Crippen LogP contribution in [-0.2, 0) is 37.6 Å². The molecule has 0 aromatic carbocycles. The van der Waals surface area contributed by atoms with Crippen molar-refractivity contribution in [3.05, 3.63) is 0 Å². The molecule has 3 N–H and O–H groups in total. The molecule has 0 aliphatic heterocycles. The van der Waals surface area contributed by atoms with E-state index in [4.69, 9.17) is 13.7 Å². The van der Waals surface area contributed by atoms with Crippen LogP contribution in [0.2, 0.25) is 0 Å². The Morgan fingerprint density at radius 2 is 1.06 bits per heavy atom. The van der Waals surface area contributed by atoms with Gasteiger partial charge in [0.2, 0.25) is 9.15 Å². The number of hydrogen-bond donors (Lipinski definition) is 3. The maximum absolute atomic E-state index is 9.34. The maximum Gasteiger partial charge on any atom is 1.00 e. The van der Waals surface area contributed by atoms with Gasteiger partial charge in [-0.2, -0.15) is 16.8 Å². The van der Waals surface area contributed by atoms with Crippen molar-refractivity contribution in [2.75, 3.05) is 0 Å². The Labute approximate surface area is 114 Å². The van der Waals surface area contributed by atoms with E-state index in [1.165, 1.54) is 0 Å². The van der Waals surface area contributed by atoms with Gasteiger partial charge in [-0.25, -0.2) is 12.6 Å². The summed E-state index contributed by atoms with van der Waals surface area (Å²) in [7, 11) is -18.9. The van der Waals surface area contributed by atoms with Gasteiger partial charge in [-0.15, -0.1) is 0 Å². The van der Waals surface area contributed by atoms with Crippen molar-refractivity contribution < 1.29 is 77.2 Å². The summed E-state index contributed by atoms with van der Waals surface area (Å²) < 4.78 is 96.8. The molecule has 0 amide bonds. The van der Waals surface area contributed by atoms with Crippen molar-refractivity contribution in [1.82, 2.24) is 0 Å². The molecule has 0 aliphatic rings. The van der Waals surface area contributed by atoms with Crippen molar-refractivity contribution in [2.24, 2.45) is 0 Å². The Balaban J connectivity index is -0.000000200. The zero-order valence-electron chi connectivity index (χ0n) is 7.24. The zero-order chi connectivity index (χ0) is 13.1. The van der Waals surface area contributed by atoms with Crippen molar-refractivity contribution in [3.63, 3.8) is 0 Å². The molecule has 0 bridgehead atoms. The van der Waals surface area contributed by atoms with E-state index in [0.717, 1.165) is 0 Å². The van der Waals surface area contributed by atoms with Crippen molar-refractivity contribution in [3.8, 4) is 0 Å².